The fourth-order valence-electron chi connectivity index (χ4n) is 3.06. The largest absolute Gasteiger partial charge is 0.424 e. The Bertz CT molecular complexity index is 654. The van der Waals surface area contributed by atoms with Gasteiger partial charge in [0, 0.05) is 57.4 Å². The summed E-state index contributed by atoms with van der Waals surface area (Å²) in [4.78, 5) is 4.88. The molecule has 0 aliphatic carbocycles. The quantitative estimate of drug-likeness (QED) is 0.828. The number of piperazine rings is 1. The van der Waals surface area contributed by atoms with Gasteiger partial charge in [0.2, 0.25) is 11.8 Å². The number of nitrogens with zero attached hydrogens (tertiary/aromatic N) is 6. The normalized spacial score (nSPS) is 17.0. The van der Waals surface area contributed by atoms with Crippen molar-refractivity contribution in [3.8, 4) is 0 Å². The van der Waals surface area contributed by atoms with Crippen LogP contribution in [-0.4, -0.2) is 56.0 Å². The van der Waals surface area contributed by atoms with Crippen LogP contribution in [0.3, 0.4) is 0 Å². The second kappa shape index (κ2) is 6.80. The molecule has 1 aliphatic rings. The third-order valence-electron chi connectivity index (χ3n) is 4.68. The minimum atomic E-state index is 0.723. The van der Waals surface area contributed by atoms with E-state index in [1.54, 1.807) is 0 Å². The molecule has 0 amide bonds. The molecule has 2 aromatic rings. The van der Waals surface area contributed by atoms with Crippen LogP contribution in [0.5, 0.6) is 0 Å². The molecule has 1 aliphatic heterocycles. The Morgan fingerprint density at radius 1 is 0.957 bits per heavy atom. The van der Waals surface area contributed by atoms with Gasteiger partial charge in [-0.3, -0.25) is 14.5 Å². The van der Waals surface area contributed by atoms with Crippen LogP contribution in [0.4, 0.5) is 0 Å². The summed E-state index contributed by atoms with van der Waals surface area (Å²) in [5, 5.41) is 12.6. The molecule has 0 saturated carbocycles. The summed E-state index contributed by atoms with van der Waals surface area (Å²) in [7, 11) is 2.01. The van der Waals surface area contributed by atoms with Crippen LogP contribution in [0.25, 0.3) is 0 Å². The van der Waals surface area contributed by atoms with E-state index in [-0.39, 0.29) is 0 Å². The molecule has 7 nitrogen and oxygen atoms in total. The lowest BCUT2D eigenvalue weighted by atomic mass is 10.1. The molecular formula is C16H26N6O. The highest BCUT2D eigenvalue weighted by molar-refractivity contribution is 5.24. The highest BCUT2D eigenvalue weighted by Gasteiger charge is 2.21. The molecule has 0 aromatic carbocycles. The van der Waals surface area contributed by atoms with Gasteiger partial charge in [0.25, 0.3) is 0 Å². The molecule has 126 valence electrons. The summed E-state index contributed by atoms with van der Waals surface area (Å²) in [6.45, 7) is 12.2. The molecule has 0 atom stereocenters. The zero-order valence-electron chi connectivity index (χ0n) is 14.5. The van der Waals surface area contributed by atoms with Gasteiger partial charge in [-0.1, -0.05) is 6.92 Å². The van der Waals surface area contributed by atoms with Crippen molar-refractivity contribution in [2.24, 2.45) is 7.05 Å². The van der Waals surface area contributed by atoms with E-state index in [0.29, 0.717) is 0 Å². The van der Waals surface area contributed by atoms with Crippen LogP contribution in [-0.2, 0) is 26.6 Å². The molecule has 1 saturated heterocycles. The van der Waals surface area contributed by atoms with E-state index < -0.39 is 0 Å². The molecular weight excluding hydrogens is 292 g/mol. The van der Waals surface area contributed by atoms with Gasteiger partial charge >= 0.3 is 0 Å². The summed E-state index contributed by atoms with van der Waals surface area (Å²) in [5.41, 5.74) is 3.78. The first-order valence-corrected chi connectivity index (χ1v) is 8.32. The van der Waals surface area contributed by atoms with E-state index in [1.165, 1.54) is 11.3 Å². The maximum absolute atomic E-state index is 5.60. The molecule has 0 radical (unpaired) electrons. The lowest BCUT2D eigenvalue weighted by Gasteiger charge is -2.34. The molecule has 0 unspecified atom stereocenters. The Morgan fingerprint density at radius 2 is 1.57 bits per heavy atom. The Hall–Kier alpha value is -1.73. The van der Waals surface area contributed by atoms with E-state index in [2.05, 4.69) is 38.9 Å². The van der Waals surface area contributed by atoms with E-state index in [9.17, 15) is 0 Å². The van der Waals surface area contributed by atoms with Gasteiger partial charge in [-0.15, -0.1) is 10.2 Å². The summed E-state index contributed by atoms with van der Waals surface area (Å²) >= 11 is 0. The van der Waals surface area contributed by atoms with Gasteiger partial charge < -0.3 is 4.42 Å². The van der Waals surface area contributed by atoms with E-state index in [4.69, 9.17) is 4.42 Å². The fourth-order valence-corrected chi connectivity index (χ4v) is 3.06. The monoisotopic (exact) mass is 318 g/mol. The third kappa shape index (κ3) is 3.61. The predicted octanol–water partition coefficient (Wildman–Crippen LogP) is 1.30. The van der Waals surface area contributed by atoms with Crippen LogP contribution in [0.1, 0.15) is 35.7 Å². The van der Waals surface area contributed by atoms with Crippen molar-refractivity contribution in [1.82, 2.24) is 29.8 Å². The first-order valence-electron chi connectivity index (χ1n) is 8.32. The topological polar surface area (TPSA) is 63.2 Å². The second-order valence-electron chi connectivity index (χ2n) is 6.27. The molecule has 0 N–H and O–H groups in total. The molecule has 2 aromatic heterocycles. The van der Waals surface area contributed by atoms with Crippen LogP contribution in [0.15, 0.2) is 4.42 Å². The Balaban J connectivity index is 1.52. The lowest BCUT2D eigenvalue weighted by molar-refractivity contribution is 0.114. The standard InChI is InChI=1S/C16H26N6O/c1-5-15-17-18-16(23-15)11-22-8-6-21(7-9-22)10-14-12(2)19-20(4)13(14)3/h5-11H2,1-4H3. The smallest absolute Gasteiger partial charge is 0.230 e. The Kier molecular flexibility index (Phi) is 4.77. The molecule has 3 heterocycles. The minimum absolute atomic E-state index is 0.723. The number of rotatable bonds is 5. The predicted molar refractivity (Wildman–Crippen MR) is 86.9 cm³/mol. The van der Waals surface area contributed by atoms with Gasteiger partial charge in [-0.25, -0.2) is 0 Å². The van der Waals surface area contributed by atoms with Crippen molar-refractivity contribution in [1.29, 1.82) is 0 Å². The highest BCUT2D eigenvalue weighted by atomic mass is 16.4. The van der Waals surface area contributed by atoms with Gasteiger partial charge in [-0.05, 0) is 13.8 Å². The van der Waals surface area contributed by atoms with Crippen LogP contribution in [0.2, 0.25) is 0 Å². The summed E-state index contributed by atoms with van der Waals surface area (Å²) in [6.07, 6.45) is 0.796. The Labute approximate surface area is 137 Å². The first-order chi connectivity index (χ1) is 11.1. The first kappa shape index (κ1) is 16.1. The second-order valence-corrected chi connectivity index (χ2v) is 6.27. The molecule has 7 heteroatoms. The van der Waals surface area contributed by atoms with Crippen molar-refractivity contribution in [3.05, 3.63) is 28.7 Å². The molecule has 23 heavy (non-hydrogen) atoms. The van der Waals surface area contributed by atoms with Crippen LogP contribution in [0, 0.1) is 13.8 Å². The molecule has 0 bridgehead atoms. The van der Waals surface area contributed by atoms with Gasteiger partial charge in [0.05, 0.1) is 12.2 Å². The maximum atomic E-state index is 5.60. The molecule has 0 spiro atoms. The lowest BCUT2D eigenvalue weighted by Crippen LogP contribution is -2.45. The van der Waals surface area contributed by atoms with Crippen molar-refractivity contribution >= 4 is 0 Å². The van der Waals surface area contributed by atoms with Crippen LogP contribution < -0.4 is 0 Å². The minimum Gasteiger partial charge on any atom is -0.424 e. The van der Waals surface area contributed by atoms with Gasteiger partial charge in [0.15, 0.2) is 0 Å². The molecule has 1 fully saturated rings. The zero-order chi connectivity index (χ0) is 16.4. The number of aromatic nitrogens is 4. The van der Waals surface area contributed by atoms with Gasteiger partial charge in [0.1, 0.15) is 0 Å². The summed E-state index contributed by atoms with van der Waals surface area (Å²) < 4.78 is 7.58. The average molecular weight is 318 g/mol. The van der Waals surface area contributed by atoms with Gasteiger partial charge in [-0.2, -0.15) is 5.10 Å². The number of hydrogen-bond donors (Lipinski definition) is 0. The van der Waals surface area contributed by atoms with Crippen LogP contribution >= 0.6 is 0 Å². The average Bonchev–Trinajstić information content (AvgIpc) is 3.09. The van der Waals surface area contributed by atoms with E-state index in [0.717, 1.165) is 63.2 Å². The van der Waals surface area contributed by atoms with Crippen molar-refractivity contribution in [2.45, 2.75) is 40.3 Å². The maximum Gasteiger partial charge on any atom is 0.230 e. The number of hydrogen-bond acceptors (Lipinski definition) is 6. The van der Waals surface area contributed by atoms with E-state index in [1.807, 2.05) is 18.7 Å². The van der Waals surface area contributed by atoms with Crippen molar-refractivity contribution in [2.75, 3.05) is 26.2 Å². The van der Waals surface area contributed by atoms with Crippen molar-refractivity contribution < 1.29 is 4.42 Å². The summed E-state index contributed by atoms with van der Waals surface area (Å²) in [5.74, 6) is 1.45. The SMILES string of the molecule is CCc1nnc(CN2CCN(Cc3c(C)nn(C)c3C)CC2)o1. The zero-order valence-corrected chi connectivity index (χ0v) is 14.5. The molecule has 3 rings (SSSR count). The fraction of sp³-hybridized carbons (Fsp3) is 0.688. The third-order valence-corrected chi connectivity index (χ3v) is 4.68. The number of aryl methyl sites for hydroxylation is 3. The van der Waals surface area contributed by atoms with E-state index >= 15 is 0 Å². The Morgan fingerprint density at radius 3 is 2.09 bits per heavy atom. The summed E-state index contributed by atoms with van der Waals surface area (Å²) in [6, 6.07) is 0. The van der Waals surface area contributed by atoms with Crippen molar-refractivity contribution in [3.63, 3.8) is 0 Å². The highest BCUT2D eigenvalue weighted by Crippen LogP contribution is 2.16.